The normalized spacial score (nSPS) is 17.7. The molecule has 78 heavy (non-hydrogen) atoms. The van der Waals surface area contributed by atoms with Crippen LogP contribution in [0.25, 0.3) is 54.9 Å². The van der Waals surface area contributed by atoms with E-state index in [4.69, 9.17) is 0 Å². The number of allylic oxidation sites excluding steroid dienone is 3. The minimum atomic E-state index is -0.131. The largest absolute Gasteiger partial charge is 0.311 e. The molecule has 0 saturated carbocycles. The van der Waals surface area contributed by atoms with Crippen LogP contribution in [0.3, 0.4) is 0 Å². The molecule has 10 aromatic rings. The van der Waals surface area contributed by atoms with Crippen molar-refractivity contribution in [3.05, 3.63) is 267 Å². The van der Waals surface area contributed by atoms with Gasteiger partial charge in [0.1, 0.15) is 0 Å². The van der Waals surface area contributed by atoms with Crippen LogP contribution in [0.1, 0.15) is 123 Å². The minimum Gasteiger partial charge on any atom is -0.311 e. The lowest BCUT2D eigenvalue weighted by Gasteiger charge is -2.34. The molecule has 1 atom stereocenters. The second kappa shape index (κ2) is 16.2. The highest BCUT2D eigenvalue weighted by Gasteiger charge is 2.44. The Balaban J connectivity index is 0.884. The van der Waals surface area contributed by atoms with Crippen LogP contribution in [-0.2, 0) is 21.7 Å². The summed E-state index contributed by atoms with van der Waals surface area (Å²) < 4.78 is 0. The molecule has 0 spiro atoms. The van der Waals surface area contributed by atoms with Crippen molar-refractivity contribution in [2.75, 3.05) is 9.80 Å². The summed E-state index contributed by atoms with van der Waals surface area (Å²) in [6.45, 7) is 23.9. The quantitative estimate of drug-likeness (QED) is 0.153. The molecule has 2 heteroatoms. The lowest BCUT2D eigenvalue weighted by atomic mass is 9.78. The number of aryl methyl sites for hydroxylation is 2. The van der Waals surface area contributed by atoms with Crippen LogP contribution < -0.4 is 9.80 Å². The summed E-state index contributed by atoms with van der Waals surface area (Å²) >= 11 is 0. The fraction of sp³-hybridized carbons (Fsp3) is 0.211. The maximum Gasteiger partial charge on any atom is 0.0468 e. The molecule has 0 N–H and O–H groups in total. The fourth-order valence-corrected chi connectivity index (χ4v) is 15.6. The number of anilines is 5. The maximum absolute atomic E-state index is 2.56. The highest BCUT2D eigenvalue weighted by Crippen LogP contribution is 2.57. The Bertz CT molecular complexity index is 4230. The van der Waals surface area contributed by atoms with E-state index >= 15 is 0 Å². The van der Waals surface area contributed by atoms with E-state index in [1.54, 1.807) is 0 Å². The van der Waals surface area contributed by atoms with Gasteiger partial charge < -0.3 is 9.80 Å². The van der Waals surface area contributed by atoms with Gasteiger partial charge in [0.15, 0.2) is 0 Å². The Kier molecular flexibility index (Phi) is 9.76. The third-order valence-electron chi connectivity index (χ3n) is 19.8. The van der Waals surface area contributed by atoms with Gasteiger partial charge in [-0.25, -0.2) is 0 Å². The standard InChI is InChI=1S/C76H66N2/c1-45-53-33-27-48(78(51-31-37-61-57-21-13-17-25-67(57)75(7,8)71(61)43-51)52-32-38-62-58-22-14-18-26-68(58)76(9,10)72(62)44-52)40-64(53)46(2)54-34-28-47(39-63(45)54)77(49-29-35-59-55-19-11-15-23-65(55)73(3,4)69(59)41-49)50-30-36-60-56-20-12-16-24-66(56)74(5,6)70(60)42-50/h11-37,39-44,62H,38H2,1-10H3. The van der Waals surface area contributed by atoms with Gasteiger partial charge in [-0.15, -0.1) is 0 Å². The van der Waals surface area contributed by atoms with Gasteiger partial charge in [-0.2, -0.15) is 0 Å². The maximum atomic E-state index is 2.56. The predicted octanol–water partition coefficient (Wildman–Crippen LogP) is 20.4. The molecule has 380 valence electrons. The number of fused-ring (bicyclic) bond motifs is 14. The van der Waals surface area contributed by atoms with Gasteiger partial charge >= 0.3 is 0 Å². The van der Waals surface area contributed by atoms with Gasteiger partial charge in [-0.3, -0.25) is 0 Å². The molecule has 2 nitrogen and oxygen atoms in total. The van der Waals surface area contributed by atoms with E-state index in [9.17, 15) is 0 Å². The number of hydrogen-bond acceptors (Lipinski definition) is 2. The zero-order valence-corrected chi connectivity index (χ0v) is 46.7. The van der Waals surface area contributed by atoms with Crippen LogP contribution in [0.15, 0.2) is 211 Å². The molecular formula is C76H66N2. The van der Waals surface area contributed by atoms with Crippen LogP contribution in [0, 0.1) is 13.8 Å². The first-order valence-corrected chi connectivity index (χ1v) is 28.4. The smallest absolute Gasteiger partial charge is 0.0468 e. The Labute approximate surface area is 461 Å². The first-order valence-electron chi connectivity index (χ1n) is 28.4. The molecule has 5 aliphatic rings. The third-order valence-corrected chi connectivity index (χ3v) is 19.8. The SMILES string of the molecule is Cc1c2ccc(N(c3ccc4c(c3)C(C)(C)c3ccccc3-4)c3ccc4c(c3)C(C)(C)c3ccccc3-4)cc2c(C)c2ccc(N(C3=CCC4C(=C3)C(C)(C)c3ccccc34)c3ccc4c(c3)C(C)(C)c3ccccc3-4)cc12. The second-order valence-electron chi connectivity index (χ2n) is 25.3. The lowest BCUT2D eigenvalue weighted by Crippen LogP contribution is -2.23. The summed E-state index contributed by atoms with van der Waals surface area (Å²) in [6, 6.07) is 72.3. The van der Waals surface area contributed by atoms with Crippen LogP contribution in [-0.4, -0.2) is 0 Å². The van der Waals surface area contributed by atoms with Crippen LogP contribution >= 0.6 is 0 Å². The molecule has 1 unspecified atom stereocenters. The summed E-state index contributed by atoms with van der Waals surface area (Å²) in [7, 11) is 0. The molecule has 0 heterocycles. The van der Waals surface area contributed by atoms with Crippen molar-refractivity contribution >= 4 is 50.0 Å². The van der Waals surface area contributed by atoms with E-state index in [1.165, 1.54) is 145 Å². The summed E-state index contributed by atoms with van der Waals surface area (Å²) in [4.78, 5) is 5.09. The van der Waals surface area contributed by atoms with Crippen molar-refractivity contribution in [1.82, 2.24) is 0 Å². The third kappa shape index (κ3) is 6.38. The number of nitrogens with zero attached hydrogens (tertiary/aromatic N) is 2. The number of hydrogen-bond donors (Lipinski definition) is 0. The zero-order chi connectivity index (χ0) is 53.4. The van der Waals surface area contributed by atoms with Crippen LogP contribution in [0.5, 0.6) is 0 Å². The van der Waals surface area contributed by atoms with Crippen molar-refractivity contribution in [3.8, 4) is 33.4 Å². The Morgan fingerprint density at radius 2 is 0.692 bits per heavy atom. The van der Waals surface area contributed by atoms with Crippen LogP contribution in [0.4, 0.5) is 28.4 Å². The number of benzene rings is 10. The average molecular weight is 1010 g/mol. The van der Waals surface area contributed by atoms with Crippen LogP contribution in [0.2, 0.25) is 0 Å². The molecule has 0 bridgehead atoms. The summed E-state index contributed by atoms with van der Waals surface area (Å²) in [5, 5.41) is 5.14. The Morgan fingerprint density at radius 3 is 1.15 bits per heavy atom. The van der Waals surface area contributed by atoms with Crippen molar-refractivity contribution < 1.29 is 0 Å². The molecule has 0 radical (unpaired) electrons. The van der Waals surface area contributed by atoms with Gasteiger partial charge in [0.05, 0.1) is 0 Å². The Hall–Kier alpha value is -8.20. The van der Waals surface area contributed by atoms with Gasteiger partial charge in [-0.1, -0.05) is 194 Å². The highest BCUT2D eigenvalue weighted by atomic mass is 15.2. The topological polar surface area (TPSA) is 6.48 Å². The number of rotatable bonds is 6. The summed E-state index contributed by atoms with van der Waals surface area (Å²) in [5.74, 6) is 0.391. The van der Waals surface area contributed by atoms with Crippen molar-refractivity contribution in [2.24, 2.45) is 0 Å². The van der Waals surface area contributed by atoms with E-state index in [0.717, 1.165) is 12.1 Å². The lowest BCUT2D eigenvalue weighted by molar-refractivity contribution is 0.609. The molecular weight excluding hydrogens is 941 g/mol. The fourth-order valence-electron chi connectivity index (χ4n) is 15.6. The first kappa shape index (κ1) is 47.0. The average Bonchev–Trinajstić information content (AvgIpc) is 4.07. The van der Waals surface area contributed by atoms with Gasteiger partial charge in [0, 0.05) is 61.7 Å². The van der Waals surface area contributed by atoms with E-state index < -0.39 is 0 Å². The summed E-state index contributed by atoms with van der Waals surface area (Å²) in [5.41, 5.74) is 30.0. The van der Waals surface area contributed by atoms with E-state index in [-0.39, 0.29) is 21.7 Å². The molecule has 15 rings (SSSR count). The molecule has 0 aromatic heterocycles. The molecule has 0 aliphatic heterocycles. The van der Waals surface area contributed by atoms with Gasteiger partial charge in [0.25, 0.3) is 0 Å². The monoisotopic (exact) mass is 1010 g/mol. The zero-order valence-electron chi connectivity index (χ0n) is 46.7. The molecule has 5 aliphatic carbocycles. The Morgan fingerprint density at radius 1 is 0.333 bits per heavy atom. The van der Waals surface area contributed by atoms with Crippen molar-refractivity contribution in [2.45, 2.75) is 103 Å². The van der Waals surface area contributed by atoms with E-state index in [1.807, 2.05) is 0 Å². The highest BCUT2D eigenvalue weighted by molar-refractivity contribution is 6.08. The van der Waals surface area contributed by atoms with Gasteiger partial charge in [-0.05, 0) is 198 Å². The predicted molar refractivity (Wildman–Crippen MR) is 330 cm³/mol. The molecule has 0 amide bonds. The van der Waals surface area contributed by atoms with Crippen molar-refractivity contribution in [1.29, 1.82) is 0 Å². The summed E-state index contributed by atoms with van der Waals surface area (Å²) in [6.07, 6.45) is 6.03. The second-order valence-corrected chi connectivity index (χ2v) is 25.3. The first-order chi connectivity index (χ1) is 37.5. The molecule has 10 aromatic carbocycles. The van der Waals surface area contributed by atoms with Crippen molar-refractivity contribution in [3.63, 3.8) is 0 Å². The molecule has 0 saturated heterocycles. The minimum absolute atomic E-state index is 0.0651. The molecule has 0 fully saturated rings. The van der Waals surface area contributed by atoms with Gasteiger partial charge in [0.2, 0.25) is 0 Å². The van der Waals surface area contributed by atoms with E-state index in [2.05, 4.69) is 279 Å². The van der Waals surface area contributed by atoms with E-state index in [0.29, 0.717) is 5.92 Å².